The SMILES string of the molecule is CN1C(=O)C2Cc3c([nH]c4ccccc34)C(c3ccccc3)N2C1=O. The van der Waals surface area contributed by atoms with Crippen LogP contribution in [0.5, 0.6) is 0 Å². The van der Waals surface area contributed by atoms with Crippen molar-refractivity contribution in [2.24, 2.45) is 0 Å². The fourth-order valence-corrected chi connectivity index (χ4v) is 4.19. The lowest BCUT2D eigenvalue weighted by atomic mass is 9.89. The number of para-hydroxylation sites is 1. The van der Waals surface area contributed by atoms with Crippen LogP contribution in [-0.2, 0) is 11.2 Å². The van der Waals surface area contributed by atoms with Crippen LogP contribution in [0.2, 0.25) is 0 Å². The summed E-state index contributed by atoms with van der Waals surface area (Å²) in [6, 6.07) is 17.1. The number of aromatic nitrogens is 1. The van der Waals surface area contributed by atoms with Crippen LogP contribution in [-0.4, -0.2) is 39.8 Å². The molecule has 124 valence electrons. The first-order valence-electron chi connectivity index (χ1n) is 8.41. The third kappa shape index (κ3) is 1.83. The number of likely N-dealkylation sites (N-methyl/N-ethyl adjacent to an activating group) is 1. The zero-order valence-electron chi connectivity index (χ0n) is 13.8. The second-order valence-corrected chi connectivity index (χ2v) is 6.68. The van der Waals surface area contributed by atoms with Gasteiger partial charge in [0, 0.05) is 30.1 Å². The molecule has 0 spiro atoms. The molecule has 0 bridgehead atoms. The van der Waals surface area contributed by atoms with Crippen LogP contribution in [0.3, 0.4) is 0 Å². The molecule has 3 aromatic rings. The van der Waals surface area contributed by atoms with Gasteiger partial charge in [-0.1, -0.05) is 48.5 Å². The summed E-state index contributed by atoms with van der Waals surface area (Å²) < 4.78 is 0. The molecular formula is C20H17N3O2. The molecule has 2 aliphatic heterocycles. The highest BCUT2D eigenvalue weighted by Crippen LogP contribution is 2.43. The first kappa shape index (κ1) is 14.3. The third-order valence-corrected chi connectivity index (χ3v) is 5.37. The van der Waals surface area contributed by atoms with Gasteiger partial charge in [-0.2, -0.15) is 0 Å². The number of carbonyl (C=O) groups is 2. The van der Waals surface area contributed by atoms with E-state index in [1.54, 1.807) is 11.9 Å². The van der Waals surface area contributed by atoms with E-state index in [-0.39, 0.29) is 18.0 Å². The summed E-state index contributed by atoms with van der Waals surface area (Å²) >= 11 is 0. The molecule has 0 aliphatic carbocycles. The Balaban J connectivity index is 1.79. The Morgan fingerprint density at radius 1 is 1.00 bits per heavy atom. The van der Waals surface area contributed by atoms with Crippen molar-refractivity contribution in [2.45, 2.75) is 18.5 Å². The van der Waals surface area contributed by atoms with E-state index in [4.69, 9.17) is 0 Å². The molecule has 1 aromatic heterocycles. The van der Waals surface area contributed by atoms with Crippen molar-refractivity contribution in [3.63, 3.8) is 0 Å². The van der Waals surface area contributed by atoms with E-state index in [0.717, 1.165) is 27.7 Å². The Labute approximate surface area is 144 Å². The molecule has 2 aromatic carbocycles. The molecule has 1 N–H and O–H groups in total. The maximum atomic E-state index is 12.8. The number of aromatic amines is 1. The quantitative estimate of drug-likeness (QED) is 0.697. The zero-order valence-corrected chi connectivity index (χ0v) is 13.8. The van der Waals surface area contributed by atoms with Gasteiger partial charge in [0.15, 0.2) is 0 Å². The average Bonchev–Trinajstić information content (AvgIpc) is 3.12. The van der Waals surface area contributed by atoms with E-state index in [1.807, 2.05) is 48.5 Å². The first-order chi connectivity index (χ1) is 12.2. The molecule has 5 heteroatoms. The largest absolute Gasteiger partial charge is 0.356 e. The van der Waals surface area contributed by atoms with Gasteiger partial charge in [0.25, 0.3) is 5.91 Å². The van der Waals surface area contributed by atoms with E-state index < -0.39 is 6.04 Å². The summed E-state index contributed by atoms with van der Waals surface area (Å²) in [4.78, 5) is 31.9. The molecule has 1 fully saturated rings. The number of hydrogen-bond donors (Lipinski definition) is 1. The summed E-state index contributed by atoms with van der Waals surface area (Å²) in [5.41, 5.74) is 4.21. The van der Waals surface area contributed by atoms with Gasteiger partial charge >= 0.3 is 6.03 Å². The lowest BCUT2D eigenvalue weighted by Gasteiger charge is -2.36. The number of hydrogen-bond acceptors (Lipinski definition) is 2. The molecule has 2 aliphatic rings. The van der Waals surface area contributed by atoms with Crippen LogP contribution in [0.25, 0.3) is 10.9 Å². The monoisotopic (exact) mass is 331 g/mol. The van der Waals surface area contributed by atoms with Gasteiger partial charge in [-0.3, -0.25) is 14.6 Å². The lowest BCUT2D eigenvalue weighted by Crippen LogP contribution is -2.44. The number of urea groups is 1. The van der Waals surface area contributed by atoms with E-state index in [2.05, 4.69) is 11.1 Å². The molecular weight excluding hydrogens is 314 g/mol. The van der Waals surface area contributed by atoms with Crippen LogP contribution in [0.4, 0.5) is 4.79 Å². The van der Waals surface area contributed by atoms with Crippen LogP contribution in [0.15, 0.2) is 54.6 Å². The van der Waals surface area contributed by atoms with Crippen molar-refractivity contribution in [2.75, 3.05) is 7.05 Å². The van der Waals surface area contributed by atoms with Gasteiger partial charge in [0.05, 0.1) is 0 Å². The third-order valence-electron chi connectivity index (χ3n) is 5.37. The first-order valence-corrected chi connectivity index (χ1v) is 8.41. The van der Waals surface area contributed by atoms with E-state index in [9.17, 15) is 9.59 Å². The fourth-order valence-electron chi connectivity index (χ4n) is 4.19. The van der Waals surface area contributed by atoms with Gasteiger partial charge < -0.3 is 4.98 Å². The highest BCUT2D eigenvalue weighted by molar-refractivity contribution is 6.05. The fraction of sp³-hybridized carbons (Fsp3) is 0.200. The average molecular weight is 331 g/mol. The minimum absolute atomic E-state index is 0.123. The van der Waals surface area contributed by atoms with Gasteiger partial charge in [-0.15, -0.1) is 0 Å². The molecule has 3 amide bonds. The predicted molar refractivity (Wildman–Crippen MR) is 94.1 cm³/mol. The maximum Gasteiger partial charge on any atom is 0.328 e. The van der Waals surface area contributed by atoms with Crippen molar-refractivity contribution < 1.29 is 9.59 Å². The Kier molecular flexibility index (Phi) is 2.83. The highest BCUT2D eigenvalue weighted by Gasteiger charge is 2.51. The molecule has 0 saturated carbocycles. The smallest absolute Gasteiger partial charge is 0.328 e. The lowest BCUT2D eigenvalue weighted by molar-refractivity contribution is -0.127. The zero-order chi connectivity index (χ0) is 17.1. The molecule has 2 unspecified atom stereocenters. The van der Waals surface area contributed by atoms with Gasteiger partial charge in [0.1, 0.15) is 12.1 Å². The van der Waals surface area contributed by atoms with Crippen LogP contribution in [0.1, 0.15) is 22.9 Å². The summed E-state index contributed by atoms with van der Waals surface area (Å²) in [5, 5.41) is 1.13. The Morgan fingerprint density at radius 2 is 1.72 bits per heavy atom. The van der Waals surface area contributed by atoms with E-state index >= 15 is 0 Å². The number of amides is 3. The minimum atomic E-state index is -0.436. The summed E-state index contributed by atoms with van der Waals surface area (Å²) in [5.74, 6) is -0.123. The van der Waals surface area contributed by atoms with Crippen molar-refractivity contribution in [3.8, 4) is 0 Å². The van der Waals surface area contributed by atoms with Crippen molar-refractivity contribution in [1.29, 1.82) is 0 Å². The Bertz CT molecular complexity index is 1010. The molecule has 5 rings (SSSR count). The van der Waals surface area contributed by atoms with E-state index in [0.29, 0.717) is 6.42 Å². The number of H-pyrrole nitrogens is 1. The van der Waals surface area contributed by atoms with Crippen LogP contribution < -0.4 is 0 Å². The van der Waals surface area contributed by atoms with Crippen LogP contribution in [0, 0.1) is 0 Å². The molecule has 2 atom stereocenters. The van der Waals surface area contributed by atoms with Gasteiger partial charge in [-0.05, 0) is 17.2 Å². The molecule has 1 saturated heterocycles. The highest BCUT2D eigenvalue weighted by atomic mass is 16.2. The standard InChI is InChI=1S/C20H17N3O2/c1-22-19(24)16-11-14-13-9-5-6-10-15(13)21-17(14)18(23(16)20(22)25)12-7-3-2-4-8-12/h2-10,16,18,21H,11H2,1H3. The summed E-state index contributed by atoms with van der Waals surface area (Å²) in [6.07, 6.45) is 0.553. The summed E-state index contributed by atoms with van der Waals surface area (Å²) in [6.45, 7) is 0. The molecule has 0 radical (unpaired) electrons. The second-order valence-electron chi connectivity index (χ2n) is 6.68. The normalized spacial score (nSPS) is 22.4. The molecule has 5 nitrogen and oxygen atoms in total. The van der Waals surface area contributed by atoms with Gasteiger partial charge in [-0.25, -0.2) is 4.79 Å². The van der Waals surface area contributed by atoms with E-state index in [1.165, 1.54) is 4.90 Å². The van der Waals surface area contributed by atoms with Crippen molar-refractivity contribution >= 4 is 22.8 Å². The topological polar surface area (TPSA) is 56.4 Å². The number of fused-ring (bicyclic) bond motifs is 4. The summed E-state index contributed by atoms with van der Waals surface area (Å²) in [7, 11) is 1.57. The number of carbonyl (C=O) groups excluding carboxylic acids is 2. The molecule has 25 heavy (non-hydrogen) atoms. The Morgan fingerprint density at radius 3 is 2.52 bits per heavy atom. The number of benzene rings is 2. The number of imide groups is 1. The Hall–Kier alpha value is -3.08. The minimum Gasteiger partial charge on any atom is -0.356 e. The molecule has 3 heterocycles. The predicted octanol–water partition coefficient (Wildman–Crippen LogP) is 3.08. The van der Waals surface area contributed by atoms with Crippen molar-refractivity contribution in [3.05, 3.63) is 71.4 Å². The number of rotatable bonds is 1. The second kappa shape index (κ2) is 4.96. The van der Waals surface area contributed by atoms with Crippen molar-refractivity contribution in [1.82, 2.24) is 14.8 Å². The number of nitrogens with zero attached hydrogens (tertiary/aromatic N) is 2. The van der Waals surface area contributed by atoms with Gasteiger partial charge in [0.2, 0.25) is 0 Å². The number of nitrogens with one attached hydrogen (secondary N) is 1. The maximum absolute atomic E-state index is 12.8. The van der Waals surface area contributed by atoms with Crippen LogP contribution >= 0.6 is 0 Å².